The summed E-state index contributed by atoms with van der Waals surface area (Å²) in [6, 6.07) is 0. The Labute approximate surface area is 102 Å². The summed E-state index contributed by atoms with van der Waals surface area (Å²) in [6.07, 6.45) is 5.66. The molecule has 1 aliphatic heterocycles. The van der Waals surface area contributed by atoms with E-state index in [1.807, 2.05) is 0 Å². The summed E-state index contributed by atoms with van der Waals surface area (Å²) in [7, 11) is -3.09. The Morgan fingerprint density at radius 1 is 1.18 bits per heavy atom. The first-order valence-electron chi connectivity index (χ1n) is 6.56. The van der Waals surface area contributed by atoms with Crippen LogP contribution in [0.3, 0.4) is 0 Å². The van der Waals surface area contributed by atoms with Crippen molar-refractivity contribution in [3.63, 3.8) is 0 Å². The van der Waals surface area contributed by atoms with Gasteiger partial charge in [-0.3, -0.25) is 0 Å². The molecule has 4 rings (SSSR count). The molecule has 3 saturated carbocycles. The minimum Gasteiger partial charge on any atom is -0.387 e. The van der Waals surface area contributed by atoms with Crippen molar-refractivity contribution in [3.05, 3.63) is 0 Å². The Morgan fingerprint density at radius 3 is 2.24 bits per heavy atom. The summed E-state index contributed by atoms with van der Waals surface area (Å²) in [4.78, 5) is 0. The summed E-state index contributed by atoms with van der Waals surface area (Å²) in [5, 5.41) is 10.7. The van der Waals surface area contributed by atoms with Crippen LogP contribution in [-0.2, 0) is 9.84 Å². The van der Waals surface area contributed by atoms with Gasteiger partial charge < -0.3 is 10.8 Å². The van der Waals surface area contributed by atoms with Gasteiger partial charge in [0.1, 0.15) is 0 Å². The van der Waals surface area contributed by atoms with Gasteiger partial charge in [0.15, 0.2) is 9.84 Å². The Kier molecular flexibility index (Phi) is 2.42. The number of nitrogens with two attached hydrogens (primary N) is 1. The monoisotopic (exact) mass is 259 g/mol. The lowest BCUT2D eigenvalue weighted by atomic mass is 9.55. The number of fused-ring (bicyclic) bond motifs is 3. The van der Waals surface area contributed by atoms with Gasteiger partial charge in [-0.05, 0) is 37.5 Å². The molecule has 3 aliphatic carbocycles. The molecule has 2 bridgehead atoms. The van der Waals surface area contributed by atoms with Crippen molar-refractivity contribution in [2.24, 2.45) is 17.6 Å². The SMILES string of the molecule is NC1(C2(O)CCS(=O)(=O)C2)CC2CCC1CC2. The Balaban J connectivity index is 1.93. The maximum atomic E-state index is 11.6. The van der Waals surface area contributed by atoms with Crippen molar-refractivity contribution in [3.8, 4) is 0 Å². The molecule has 3 N–H and O–H groups in total. The predicted molar refractivity (Wildman–Crippen MR) is 65.2 cm³/mol. The fraction of sp³-hybridized carbons (Fsp3) is 1.00. The van der Waals surface area contributed by atoms with Gasteiger partial charge in [0.2, 0.25) is 0 Å². The van der Waals surface area contributed by atoms with Crippen molar-refractivity contribution < 1.29 is 13.5 Å². The molecule has 4 fully saturated rings. The van der Waals surface area contributed by atoms with Gasteiger partial charge in [0, 0.05) is 5.54 Å². The second-order valence-electron chi connectivity index (χ2n) is 6.34. The summed E-state index contributed by atoms with van der Waals surface area (Å²) in [5.74, 6) is 0.877. The Hall–Kier alpha value is -0.130. The Bertz CT molecular complexity index is 427. The third-order valence-corrected chi connectivity index (χ3v) is 7.10. The zero-order valence-electron chi connectivity index (χ0n) is 10.1. The standard InChI is InChI=1S/C12H21NO3S/c13-12(7-9-1-3-10(12)4-2-9)11(14)5-6-17(15,16)8-11/h9-10,14H,1-8,13H2. The highest BCUT2D eigenvalue weighted by atomic mass is 32.2. The van der Waals surface area contributed by atoms with Crippen LogP contribution < -0.4 is 5.73 Å². The van der Waals surface area contributed by atoms with E-state index in [0.29, 0.717) is 18.3 Å². The van der Waals surface area contributed by atoms with Crippen LogP contribution in [0.5, 0.6) is 0 Å². The quantitative estimate of drug-likeness (QED) is 0.716. The largest absolute Gasteiger partial charge is 0.387 e. The lowest BCUT2D eigenvalue weighted by molar-refractivity contribution is -0.0897. The Morgan fingerprint density at radius 2 is 1.82 bits per heavy atom. The summed E-state index contributed by atoms with van der Waals surface area (Å²) in [5.41, 5.74) is 4.66. The van der Waals surface area contributed by atoms with Crippen molar-refractivity contribution in [1.82, 2.24) is 0 Å². The van der Waals surface area contributed by atoms with Gasteiger partial charge in [0.05, 0.1) is 17.1 Å². The van der Waals surface area contributed by atoms with Crippen LogP contribution in [0.1, 0.15) is 38.5 Å². The van der Waals surface area contributed by atoms with Crippen LogP contribution in [0.15, 0.2) is 0 Å². The van der Waals surface area contributed by atoms with E-state index >= 15 is 0 Å². The van der Waals surface area contributed by atoms with E-state index < -0.39 is 21.0 Å². The van der Waals surface area contributed by atoms with Gasteiger partial charge in [-0.15, -0.1) is 0 Å². The molecule has 17 heavy (non-hydrogen) atoms. The molecule has 2 unspecified atom stereocenters. The van der Waals surface area contributed by atoms with Crippen molar-refractivity contribution in [2.75, 3.05) is 11.5 Å². The van der Waals surface area contributed by atoms with Crippen LogP contribution in [0, 0.1) is 11.8 Å². The van der Waals surface area contributed by atoms with Crippen molar-refractivity contribution >= 4 is 9.84 Å². The summed E-state index contributed by atoms with van der Waals surface area (Å²) in [6.45, 7) is 0. The van der Waals surface area contributed by atoms with E-state index in [1.54, 1.807) is 0 Å². The molecular formula is C12H21NO3S. The van der Waals surface area contributed by atoms with Crippen LogP contribution in [0.2, 0.25) is 0 Å². The molecule has 0 amide bonds. The number of hydrogen-bond acceptors (Lipinski definition) is 4. The fourth-order valence-corrected chi connectivity index (χ4v) is 6.23. The highest BCUT2D eigenvalue weighted by Gasteiger charge is 2.60. The third-order valence-electron chi connectivity index (χ3n) is 5.35. The van der Waals surface area contributed by atoms with E-state index in [-0.39, 0.29) is 11.5 Å². The van der Waals surface area contributed by atoms with Crippen LogP contribution in [-0.4, -0.2) is 36.2 Å². The van der Waals surface area contributed by atoms with Gasteiger partial charge in [-0.1, -0.05) is 12.8 Å². The number of rotatable bonds is 1. The lowest BCUT2D eigenvalue weighted by Gasteiger charge is -2.55. The fourth-order valence-electron chi connectivity index (χ4n) is 4.30. The molecule has 1 saturated heterocycles. The molecule has 5 heteroatoms. The summed E-state index contributed by atoms with van der Waals surface area (Å²) < 4.78 is 23.2. The first kappa shape index (κ1) is 11.9. The lowest BCUT2D eigenvalue weighted by Crippen LogP contribution is -2.69. The van der Waals surface area contributed by atoms with Gasteiger partial charge >= 0.3 is 0 Å². The van der Waals surface area contributed by atoms with E-state index in [2.05, 4.69) is 0 Å². The molecule has 0 spiro atoms. The second kappa shape index (κ2) is 3.45. The third kappa shape index (κ3) is 1.66. The van der Waals surface area contributed by atoms with Crippen molar-refractivity contribution in [1.29, 1.82) is 0 Å². The molecule has 4 nitrogen and oxygen atoms in total. The van der Waals surface area contributed by atoms with Gasteiger partial charge in [-0.2, -0.15) is 0 Å². The highest BCUT2D eigenvalue weighted by Crippen LogP contribution is 2.52. The molecule has 0 aromatic heterocycles. The number of sulfone groups is 1. The zero-order valence-corrected chi connectivity index (χ0v) is 10.9. The summed E-state index contributed by atoms with van der Waals surface area (Å²) >= 11 is 0. The van der Waals surface area contributed by atoms with Gasteiger partial charge in [0.25, 0.3) is 0 Å². The minimum absolute atomic E-state index is 0.0971. The maximum absolute atomic E-state index is 11.6. The van der Waals surface area contributed by atoms with Gasteiger partial charge in [-0.25, -0.2) is 8.42 Å². The molecule has 0 aromatic carbocycles. The highest BCUT2D eigenvalue weighted by molar-refractivity contribution is 7.91. The molecule has 0 aromatic rings. The molecule has 1 heterocycles. The van der Waals surface area contributed by atoms with E-state index in [9.17, 15) is 13.5 Å². The molecule has 2 atom stereocenters. The molecular weight excluding hydrogens is 238 g/mol. The average Bonchev–Trinajstić information content (AvgIpc) is 2.56. The van der Waals surface area contributed by atoms with E-state index in [4.69, 9.17) is 5.73 Å². The average molecular weight is 259 g/mol. The van der Waals surface area contributed by atoms with E-state index in [0.717, 1.165) is 19.3 Å². The van der Waals surface area contributed by atoms with Crippen LogP contribution in [0.25, 0.3) is 0 Å². The minimum atomic E-state index is -3.09. The smallest absolute Gasteiger partial charge is 0.153 e. The van der Waals surface area contributed by atoms with Crippen LogP contribution in [0.4, 0.5) is 0 Å². The van der Waals surface area contributed by atoms with Crippen LogP contribution >= 0.6 is 0 Å². The molecule has 98 valence electrons. The first-order chi connectivity index (χ1) is 7.85. The topological polar surface area (TPSA) is 80.4 Å². The first-order valence-corrected chi connectivity index (χ1v) is 8.38. The predicted octanol–water partition coefficient (Wildman–Crippen LogP) is 0.444. The number of hydrogen-bond donors (Lipinski definition) is 2. The normalized spacial score (nSPS) is 52.8. The van der Waals surface area contributed by atoms with Crippen molar-refractivity contribution in [2.45, 2.75) is 49.7 Å². The van der Waals surface area contributed by atoms with E-state index in [1.165, 1.54) is 12.8 Å². The number of aliphatic hydroxyl groups is 1. The molecule has 4 aliphatic rings. The maximum Gasteiger partial charge on any atom is 0.153 e. The molecule has 0 radical (unpaired) electrons. The second-order valence-corrected chi connectivity index (χ2v) is 8.52. The zero-order chi connectivity index (χ0) is 12.3.